The van der Waals surface area contributed by atoms with Crippen LogP contribution >= 0.6 is 0 Å². The lowest BCUT2D eigenvalue weighted by Gasteiger charge is -2.09. The molecule has 8 nitrogen and oxygen atoms in total. The van der Waals surface area contributed by atoms with Gasteiger partial charge in [-0.05, 0) is 42.5 Å². The van der Waals surface area contributed by atoms with Gasteiger partial charge in [-0.25, -0.2) is 4.79 Å². The average molecular weight is 380 g/mol. The molecule has 0 unspecified atom stereocenters. The van der Waals surface area contributed by atoms with Crippen LogP contribution in [0.3, 0.4) is 0 Å². The molecule has 0 bridgehead atoms. The molecule has 0 atom stereocenters. The number of ether oxygens (including phenoxy) is 2. The quantitative estimate of drug-likeness (QED) is 0.503. The highest BCUT2D eigenvalue weighted by molar-refractivity contribution is 5.94. The molecule has 1 heterocycles. The number of furan rings is 1. The number of hydrogen-bond donors (Lipinski definition) is 2. The summed E-state index contributed by atoms with van der Waals surface area (Å²) in [5.41, 5.74) is 4.49. The van der Waals surface area contributed by atoms with Crippen molar-refractivity contribution in [1.82, 2.24) is 10.9 Å². The minimum absolute atomic E-state index is 0.0347. The van der Waals surface area contributed by atoms with E-state index in [0.717, 1.165) is 0 Å². The van der Waals surface area contributed by atoms with Gasteiger partial charge >= 0.3 is 11.9 Å². The van der Waals surface area contributed by atoms with E-state index < -0.39 is 24.4 Å². The van der Waals surface area contributed by atoms with Crippen molar-refractivity contribution in [2.45, 2.75) is 0 Å². The minimum Gasteiger partial charge on any atom is -0.459 e. The maximum absolute atomic E-state index is 12.1. The van der Waals surface area contributed by atoms with Crippen LogP contribution in [0.5, 0.6) is 11.5 Å². The Morgan fingerprint density at radius 3 is 2.39 bits per heavy atom. The van der Waals surface area contributed by atoms with E-state index in [0.29, 0.717) is 11.5 Å². The largest absolute Gasteiger partial charge is 0.459 e. The standard InChI is InChI=1S/C20H16N2O6/c23-18(21-22-19(24)17-10-5-11-26-17)13-27-20(25)14-6-4-9-16(12-14)28-15-7-2-1-3-8-15/h1-12H,13H2,(H,21,23)(H,22,24). The first-order chi connectivity index (χ1) is 13.6. The molecule has 0 saturated carbocycles. The second-order valence-electron chi connectivity index (χ2n) is 5.50. The summed E-state index contributed by atoms with van der Waals surface area (Å²) in [7, 11) is 0. The summed E-state index contributed by atoms with van der Waals surface area (Å²) in [5, 5.41) is 0. The smallest absolute Gasteiger partial charge is 0.338 e. The fraction of sp³-hybridized carbons (Fsp3) is 0.0500. The third-order valence-electron chi connectivity index (χ3n) is 3.44. The van der Waals surface area contributed by atoms with E-state index in [1.54, 1.807) is 24.3 Å². The molecule has 0 aliphatic carbocycles. The molecule has 3 aromatic rings. The van der Waals surface area contributed by atoms with E-state index in [9.17, 15) is 14.4 Å². The van der Waals surface area contributed by atoms with Gasteiger partial charge in [-0.15, -0.1) is 0 Å². The molecule has 0 fully saturated rings. The van der Waals surface area contributed by atoms with Gasteiger partial charge < -0.3 is 13.9 Å². The highest BCUT2D eigenvalue weighted by Crippen LogP contribution is 2.22. The van der Waals surface area contributed by atoms with Crippen molar-refractivity contribution in [3.63, 3.8) is 0 Å². The molecular weight excluding hydrogens is 364 g/mol. The Labute approximate surface area is 160 Å². The van der Waals surface area contributed by atoms with Crippen molar-refractivity contribution in [2.75, 3.05) is 6.61 Å². The van der Waals surface area contributed by atoms with E-state index in [1.165, 1.54) is 30.5 Å². The fourth-order valence-electron chi connectivity index (χ4n) is 2.16. The normalized spacial score (nSPS) is 10.0. The number of esters is 1. The summed E-state index contributed by atoms with van der Waals surface area (Å²) in [6, 6.07) is 18.4. The topological polar surface area (TPSA) is 107 Å². The summed E-state index contributed by atoms with van der Waals surface area (Å²) in [6.07, 6.45) is 1.33. The van der Waals surface area contributed by atoms with Crippen LogP contribution < -0.4 is 15.6 Å². The highest BCUT2D eigenvalue weighted by Gasteiger charge is 2.13. The number of hydrazine groups is 1. The lowest BCUT2D eigenvalue weighted by molar-refractivity contribution is -0.125. The van der Waals surface area contributed by atoms with Crippen molar-refractivity contribution in [3.05, 3.63) is 84.3 Å². The first-order valence-corrected chi connectivity index (χ1v) is 8.24. The van der Waals surface area contributed by atoms with Crippen molar-refractivity contribution in [3.8, 4) is 11.5 Å². The fourth-order valence-corrected chi connectivity index (χ4v) is 2.16. The molecule has 0 radical (unpaired) electrons. The van der Waals surface area contributed by atoms with Crippen LogP contribution in [0.15, 0.2) is 77.4 Å². The monoisotopic (exact) mass is 380 g/mol. The van der Waals surface area contributed by atoms with Crippen molar-refractivity contribution in [1.29, 1.82) is 0 Å². The predicted molar refractivity (Wildman–Crippen MR) is 97.6 cm³/mol. The first kappa shape index (κ1) is 18.7. The number of nitrogens with one attached hydrogen (secondary N) is 2. The second kappa shape index (κ2) is 9.04. The Balaban J connectivity index is 1.48. The molecule has 3 rings (SSSR count). The number of hydrogen-bond acceptors (Lipinski definition) is 6. The Morgan fingerprint density at radius 1 is 0.857 bits per heavy atom. The third kappa shape index (κ3) is 5.21. The Kier molecular flexibility index (Phi) is 6.04. The Hall–Kier alpha value is -4.07. The van der Waals surface area contributed by atoms with Crippen molar-refractivity contribution in [2.24, 2.45) is 0 Å². The zero-order chi connectivity index (χ0) is 19.8. The summed E-state index contributed by atoms with van der Waals surface area (Å²) in [5.74, 6) is -0.922. The van der Waals surface area contributed by atoms with Crippen molar-refractivity contribution < 1.29 is 28.3 Å². The maximum Gasteiger partial charge on any atom is 0.338 e. The zero-order valence-electron chi connectivity index (χ0n) is 14.6. The number of carbonyl (C=O) groups is 3. The molecule has 0 aliphatic rings. The minimum atomic E-state index is -0.704. The van der Waals surface area contributed by atoms with Gasteiger partial charge in [-0.2, -0.15) is 0 Å². The summed E-state index contributed by atoms with van der Waals surface area (Å²) < 4.78 is 15.5. The number of rotatable bonds is 6. The van der Waals surface area contributed by atoms with Crippen LogP contribution in [-0.2, 0) is 9.53 Å². The molecule has 2 amide bonds. The molecular formula is C20H16N2O6. The molecule has 0 saturated heterocycles. The predicted octanol–water partition coefficient (Wildman–Crippen LogP) is 2.69. The van der Waals surface area contributed by atoms with Gasteiger partial charge in [0.05, 0.1) is 11.8 Å². The molecule has 0 aliphatic heterocycles. The lowest BCUT2D eigenvalue weighted by Crippen LogP contribution is -2.43. The molecule has 1 aromatic heterocycles. The highest BCUT2D eigenvalue weighted by atomic mass is 16.5. The lowest BCUT2D eigenvalue weighted by atomic mass is 10.2. The molecule has 142 valence electrons. The number of amides is 2. The van der Waals surface area contributed by atoms with Gasteiger partial charge in [-0.3, -0.25) is 20.4 Å². The second-order valence-corrected chi connectivity index (χ2v) is 5.50. The van der Waals surface area contributed by atoms with E-state index in [2.05, 4.69) is 10.9 Å². The van der Waals surface area contributed by atoms with Crippen LogP contribution in [0.2, 0.25) is 0 Å². The van der Waals surface area contributed by atoms with E-state index in [4.69, 9.17) is 13.9 Å². The van der Waals surface area contributed by atoms with Gasteiger partial charge in [-0.1, -0.05) is 24.3 Å². The van der Waals surface area contributed by atoms with Gasteiger partial charge in [0.2, 0.25) is 0 Å². The van der Waals surface area contributed by atoms with Crippen LogP contribution in [0.1, 0.15) is 20.9 Å². The maximum atomic E-state index is 12.1. The van der Waals surface area contributed by atoms with Crippen LogP contribution in [0.4, 0.5) is 0 Å². The third-order valence-corrected chi connectivity index (χ3v) is 3.44. The van der Waals surface area contributed by atoms with Gasteiger partial charge in [0.1, 0.15) is 11.5 Å². The molecule has 28 heavy (non-hydrogen) atoms. The summed E-state index contributed by atoms with van der Waals surface area (Å²) >= 11 is 0. The first-order valence-electron chi connectivity index (χ1n) is 8.24. The average Bonchev–Trinajstić information content (AvgIpc) is 3.26. The number of benzene rings is 2. The van der Waals surface area contributed by atoms with Crippen molar-refractivity contribution >= 4 is 17.8 Å². The molecule has 8 heteroatoms. The summed E-state index contributed by atoms with van der Waals surface area (Å²) in [6.45, 7) is -0.568. The molecule has 0 spiro atoms. The molecule has 2 aromatic carbocycles. The Bertz CT molecular complexity index is 954. The van der Waals surface area contributed by atoms with Crippen LogP contribution in [-0.4, -0.2) is 24.4 Å². The van der Waals surface area contributed by atoms with E-state index in [1.807, 2.05) is 18.2 Å². The Morgan fingerprint density at radius 2 is 1.64 bits per heavy atom. The van der Waals surface area contributed by atoms with Crippen LogP contribution in [0.25, 0.3) is 0 Å². The molecule has 2 N–H and O–H groups in total. The van der Waals surface area contributed by atoms with E-state index in [-0.39, 0.29) is 11.3 Å². The number of para-hydroxylation sites is 1. The zero-order valence-corrected chi connectivity index (χ0v) is 14.6. The van der Waals surface area contributed by atoms with Gasteiger partial charge in [0, 0.05) is 0 Å². The number of carbonyl (C=O) groups excluding carboxylic acids is 3. The van der Waals surface area contributed by atoms with E-state index >= 15 is 0 Å². The van der Waals surface area contributed by atoms with Gasteiger partial charge in [0.15, 0.2) is 12.4 Å². The summed E-state index contributed by atoms with van der Waals surface area (Å²) in [4.78, 5) is 35.4. The van der Waals surface area contributed by atoms with Gasteiger partial charge in [0.25, 0.3) is 5.91 Å². The van der Waals surface area contributed by atoms with Crippen LogP contribution in [0, 0.1) is 0 Å². The SMILES string of the molecule is O=C(COC(=O)c1cccc(Oc2ccccc2)c1)NNC(=O)c1ccco1.